The second kappa shape index (κ2) is 5.10. The Hall–Kier alpha value is -0.0400. The van der Waals surface area contributed by atoms with Crippen LogP contribution in [0.5, 0.6) is 0 Å². The zero-order valence-corrected chi connectivity index (χ0v) is 4.11. The van der Waals surface area contributed by atoms with Crippen molar-refractivity contribution in [3.63, 3.8) is 0 Å². The van der Waals surface area contributed by atoms with Crippen LogP contribution in [0.4, 0.5) is 0 Å². The van der Waals surface area contributed by atoms with Crippen LogP contribution < -0.4 is 0 Å². The summed E-state index contributed by atoms with van der Waals surface area (Å²) in [5.74, 6) is 0. The molecule has 8 heavy (non-hydrogen) atoms. The zero-order valence-electron chi connectivity index (χ0n) is 4.11. The molecule has 0 aromatic carbocycles. The predicted molar refractivity (Wildman–Crippen MR) is 38.1 cm³/mol. The first-order valence-electron chi connectivity index (χ1n) is 2.55. The van der Waals surface area contributed by atoms with E-state index in [-0.39, 0.29) is 14.9 Å². The van der Waals surface area contributed by atoms with Gasteiger partial charge in [-0.2, -0.15) is 0 Å². The van der Waals surface area contributed by atoms with E-state index in [1.54, 1.807) is 0 Å². The van der Waals surface area contributed by atoms with Crippen molar-refractivity contribution in [2.24, 2.45) is 0 Å². The molecule has 0 aromatic rings. The van der Waals surface area contributed by atoms with Gasteiger partial charge in [0.1, 0.15) is 0 Å². The van der Waals surface area contributed by atoms with Crippen LogP contribution in [0.2, 0.25) is 0 Å². The van der Waals surface area contributed by atoms with Crippen molar-refractivity contribution < 1.29 is 4.74 Å². The molecule has 1 heterocycles. The van der Waals surface area contributed by atoms with Crippen LogP contribution in [0.3, 0.4) is 0 Å². The summed E-state index contributed by atoms with van der Waals surface area (Å²) < 4.78 is 4.95. The normalized spacial score (nSPS) is 22.9. The molecular formula is C7H18O. The molecule has 0 bridgehead atoms. The van der Waals surface area contributed by atoms with Crippen molar-refractivity contribution in [2.45, 2.75) is 40.7 Å². The van der Waals surface area contributed by atoms with Crippen LogP contribution in [0, 0.1) is 0 Å². The minimum absolute atomic E-state index is 0. The topological polar surface area (TPSA) is 12.5 Å². The number of hydrogen-bond acceptors (Lipinski definition) is 1. The minimum atomic E-state index is 0. The second-order valence-electron chi connectivity index (χ2n) is 1.74. The smallest absolute Gasteiger partial charge is 0.0809 e. The van der Waals surface area contributed by atoms with Gasteiger partial charge in [-0.05, 0) is 6.42 Å². The number of rotatable bonds is 2. The molecule has 1 fully saturated rings. The van der Waals surface area contributed by atoms with Gasteiger partial charge in [-0.3, -0.25) is 0 Å². The Morgan fingerprint density at radius 1 is 1.50 bits per heavy atom. The highest BCUT2D eigenvalue weighted by Crippen LogP contribution is 2.14. The molecule has 0 N–H and O–H groups in total. The van der Waals surface area contributed by atoms with Gasteiger partial charge in [0.2, 0.25) is 0 Å². The molecule has 1 rings (SSSR count). The van der Waals surface area contributed by atoms with E-state index in [2.05, 4.69) is 6.92 Å². The lowest BCUT2D eigenvalue weighted by Crippen LogP contribution is -1.78. The summed E-state index contributed by atoms with van der Waals surface area (Å²) in [5.41, 5.74) is 0. The Balaban J connectivity index is 0. The highest BCUT2D eigenvalue weighted by atomic mass is 16.6. The van der Waals surface area contributed by atoms with Crippen LogP contribution in [0.15, 0.2) is 0 Å². The maximum atomic E-state index is 4.95. The predicted octanol–water partition coefficient (Wildman–Crippen LogP) is 2.46. The Bertz CT molecular complexity index is 39.7. The molecule has 1 saturated heterocycles. The van der Waals surface area contributed by atoms with E-state index in [0.29, 0.717) is 6.10 Å². The van der Waals surface area contributed by atoms with Gasteiger partial charge in [0.25, 0.3) is 0 Å². The van der Waals surface area contributed by atoms with Gasteiger partial charge < -0.3 is 4.74 Å². The zero-order chi connectivity index (χ0) is 4.41. The van der Waals surface area contributed by atoms with E-state index in [4.69, 9.17) is 4.74 Å². The Kier molecular flexibility index (Phi) is 6.93. The summed E-state index contributed by atoms with van der Waals surface area (Å²) in [6, 6.07) is 0. The van der Waals surface area contributed by atoms with Crippen molar-refractivity contribution in [3.05, 3.63) is 0 Å². The number of epoxide rings is 1. The van der Waals surface area contributed by atoms with Gasteiger partial charge in [-0.15, -0.1) is 0 Å². The molecule has 1 nitrogen and oxygen atoms in total. The Labute approximate surface area is 53.0 Å². The van der Waals surface area contributed by atoms with Gasteiger partial charge in [0.15, 0.2) is 0 Å². The Morgan fingerprint density at radius 2 is 2.00 bits per heavy atom. The molecule has 1 atom stereocenters. The summed E-state index contributed by atoms with van der Waals surface area (Å²) in [4.78, 5) is 0. The maximum absolute atomic E-state index is 4.95. The van der Waals surface area contributed by atoms with Crippen molar-refractivity contribution in [1.29, 1.82) is 0 Å². The SMILES string of the molecule is C.C.CCCC1CO1. The number of hydrogen-bond donors (Lipinski definition) is 0. The van der Waals surface area contributed by atoms with E-state index in [1.807, 2.05) is 0 Å². The molecule has 0 radical (unpaired) electrons. The van der Waals surface area contributed by atoms with Crippen LogP contribution in [-0.2, 0) is 4.74 Å². The van der Waals surface area contributed by atoms with E-state index < -0.39 is 0 Å². The molecular weight excluding hydrogens is 100 g/mol. The average Bonchev–Trinajstić information content (AvgIpc) is 2.21. The maximum Gasteiger partial charge on any atom is 0.0809 e. The van der Waals surface area contributed by atoms with Gasteiger partial charge in [-0.25, -0.2) is 0 Å². The van der Waals surface area contributed by atoms with E-state index in [0.717, 1.165) is 6.61 Å². The molecule has 0 aliphatic carbocycles. The van der Waals surface area contributed by atoms with Crippen LogP contribution in [0.1, 0.15) is 34.6 Å². The third kappa shape index (κ3) is 4.13. The molecule has 0 spiro atoms. The third-order valence-electron chi connectivity index (χ3n) is 1.01. The van der Waals surface area contributed by atoms with Crippen LogP contribution >= 0.6 is 0 Å². The summed E-state index contributed by atoms with van der Waals surface area (Å²) in [6.07, 6.45) is 3.18. The fraction of sp³-hybridized carbons (Fsp3) is 1.00. The van der Waals surface area contributed by atoms with E-state index in [1.165, 1.54) is 12.8 Å². The van der Waals surface area contributed by atoms with Crippen molar-refractivity contribution in [2.75, 3.05) is 6.61 Å². The fourth-order valence-corrected chi connectivity index (χ4v) is 0.557. The quantitative estimate of drug-likeness (QED) is 0.507. The van der Waals surface area contributed by atoms with E-state index >= 15 is 0 Å². The molecule has 52 valence electrons. The van der Waals surface area contributed by atoms with Gasteiger partial charge in [0.05, 0.1) is 12.7 Å². The first-order valence-corrected chi connectivity index (χ1v) is 2.55. The van der Waals surface area contributed by atoms with Gasteiger partial charge >= 0.3 is 0 Å². The summed E-state index contributed by atoms with van der Waals surface area (Å²) >= 11 is 0. The monoisotopic (exact) mass is 118 g/mol. The second-order valence-corrected chi connectivity index (χ2v) is 1.74. The molecule has 0 saturated carbocycles. The molecule has 0 amide bonds. The lowest BCUT2D eigenvalue weighted by atomic mass is 10.3. The standard InChI is InChI=1S/C5H10O.2CH4/c1-2-3-5-4-6-5;;/h5H,2-4H2,1H3;2*1H4. The van der Waals surface area contributed by atoms with Crippen LogP contribution in [-0.4, -0.2) is 12.7 Å². The lowest BCUT2D eigenvalue weighted by molar-refractivity contribution is 0.395. The minimum Gasteiger partial charge on any atom is -0.373 e. The Morgan fingerprint density at radius 3 is 2.12 bits per heavy atom. The first kappa shape index (κ1) is 10.9. The van der Waals surface area contributed by atoms with Crippen molar-refractivity contribution >= 4 is 0 Å². The molecule has 1 unspecified atom stereocenters. The fourth-order valence-electron chi connectivity index (χ4n) is 0.557. The molecule has 1 heteroatoms. The molecule has 0 aromatic heterocycles. The highest BCUT2D eigenvalue weighted by Gasteiger charge is 2.19. The first-order chi connectivity index (χ1) is 2.93. The average molecular weight is 118 g/mol. The third-order valence-corrected chi connectivity index (χ3v) is 1.01. The van der Waals surface area contributed by atoms with E-state index in [9.17, 15) is 0 Å². The summed E-state index contributed by atoms with van der Waals surface area (Å²) in [5, 5.41) is 0. The summed E-state index contributed by atoms with van der Waals surface area (Å²) in [6.45, 7) is 3.20. The van der Waals surface area contributed by atoms with Crippen molar-refractivity contribution in [1.82, 2.24) is 0 Å². The largest absolute Gasteiger partial charge is 0.373 e. The summed E-state index contributed by atoms with van der Waals surface area (Å²) in [7, 11) is 0. The van der Waals surface area contributed by atoms with Gasteiger partial charge in [0, 0.05) is 0 Å². The number of ether oxygens (including phenoxy) is 1. The van der Waals surface area contributed by atoms with Gasteiger partial charge in [-0.1, -0.05) is 28.2 Å². The highest BCUT2D eigenvalue weighted by molar-refractivity contribution is 4.66. The van der Waals surface area contributed by atoms with Crippen molar-refractivity contribution in [3.8, 4) is 0 Å². The lowest BCUT2D eigenvalue weighted by Gasteiger charge is -1.79. The molecule has 1 aliphatic heterocycles. The molecule has 1 aliphatic rings. The van der Waals surface area contributed by atoms with Crippen LogP contribution in [0.25, 0.3) is 0 Å².